The van der Waals surface area contributed by atoms with Crippen LogP contribution >= 0.6 is 23.8 Å². The molecular formula is C10H9ClN2OS. The van der Waals surface area contributed by atoms with E-state index < -0.39 is 0 Å². The van der Waals surface area contributed by atoms with Crippen molar-refractivity contribution in [3.8, 4) is 0 Å². The molecule has 15 heavy (non-hydrogen) atoms. The molecule has 2 rings (SSSR count). The van der Waals surface area contributed by atoms with Gasteiger partial charge in [-0.25, -0.2) is 0 Å². The number of nitrogens with zero attached hydrogens (tertiary/aromatic N) is 1. The van der Waals surface area contributed by atoms with Crippen molar-refractivity contribution >= 4 is 34.7 Å². The highest BCUT2D eigenvalue weighted by Gasteiger charge is 2.06. The molecule has 0 unspecified atom stereocenters. The zero-order valence-electron chi connectivity index (χ0n) is 8.30. The van der Waals surface area contributed by atoms with E-state index in [2.05, 4.69) is 4.98 Å². The van der Waals surface area contributed by atoms with E-state index in [-0.39, 0.29) is 5.56 Å². The fourth-order valence-electron chi connectivity index (χ4n) is 1.58. The molecule has 1 N–H and O–H groups in total. The van der Waals surface area contributed by atoms with Crippen molar-refractivity contribution < 1.29 is 0 Å². The van der Waals surface area contributed by atoms with Gasteiger partial charge < -0.3 is 4.98 Å². The maximum absolute atomic E-state index is 11.9. The minimum Gasteiger partial charge on any atom is -0.332 e. The van der Waals surface area contributed by atoms with Crippen molar-refractivity contribution in [2.24, 2.45) is 7.05 Å². The average molecular weight is 241 g/mol. The van der Waals surface area contributed by atoms with Crippen molar-refractivity contribution in [3.05, 3.63) is 37.8 Å². The van der Waals surface area contributed by atoms with E-state index in [1.165, 1.54) is 4.57 Å². The third kappa shape index (κ3) is 1.60. The molecule has 0 aliphatic rings. The summed E-state index contributed by atoms with van der Waals surface area (Å²) in [6, 6.07) is 3.48. The van der Waals surface area contributed by atoms with Gasteiger partial charge in [-0.2, -0.15) is 0 Å². The van der Waals surface area contributed by atoms with E-state index in [0.29, 0.717) is 20.7 Å². The highest BCUT2D eigenvalue weighted by molar-refractivity contribution is 7.71. The normalized spacial score (nSPS) is 10.9. The minimum atomic E-state index is -0.0945. The molecule has 0 saturated heterocycles. The molecule has 2 aromatic rings. The number of aryl methyl sites for hydroxylation is 1. The van der Waals surface area contributed by atoms with E-state index in [0.717, 1.165) is 5.56 Å². The van der Waals surface area contributed by atoms with Gasteiger partial charge in [-0.1, -0.05) is 11.6 Å². The lowest BCUT2D eigenvalue weighted by atomic mass is 10.1. The summed E-state index contributed by atoms with van der Waals surface area (Å²) >= 11 is 10.9. The van der Waals surface area contributed by atoms with Crippen LogP contribution in [-0.4, -0.2) is 9.55 Å². The largest absolute Gasteiger partial charge is 0.332 e. The van der Waals surface area contributed by atoms with Gasteiger partial charge in [-0.3, -0.25) is 9.36 Å². The summed E-state index contributed by atoms with van der Waals surface area (Å²) in [5.41, 5.74) is 1.44. The molecule has 0 aliphatic heterocycles. The highest BCUT2D eigenvalue weighted by atomic mass is 35.5. The van der Waals surface area contributed by atoms with Crippen LogP contribution in [0.2, 0.25) is 5.02 Å². The molecule has 1 heterocycles. The second kappa shape index (κ2) is 3.47. The molecule has 0 amide bonds. The van der Waals surface area contributed by atoms with Crippen LogP contribution in [0, 0.1) is 11.7 Å². The van der Waals surface area contributed by atoms with Crippen molar-refractivity contribution in [1.82, 2.24) is 9.55 Å². The Morgan fingerprint density at radius 2 is 2.13 bits per heavy atom. The van der Waals surface area contributed by atoms with E-state index in [1.54, 1.807) is 19.2 Å². The Morgan fingerprint density at radius 1 is 1.47 bits per heavy atom. The van der Waals surface area contributed by atoms with Crippen molar-refractivity contribution in [1.29, 1.82) is 0 Å². The van der Waals surface area contributed by atoms with Gasteiger partial charge in [0.1, 0.15) is 0 Å². The topological polar surface area (TPSA) is 37.8 Å². The Kier molecular flexibility index (Phi) is 2.40. The lowest BCUT2D eigenvalue weighted by Gasteiger charge is -2.05. The monoisotopic (exact) mass is 240 g/mol. The standard InChI is InChI=1S/C10H9ClN2OS/c1-5-3-6(11)4-7-8(5)9(14)13(2)10(15)12-7/h3-4H,1-2H3,(H,12,15). The fourth-order valence-corrected chi connectivity index (χ4v) is 2.05. The Balaban J connectivity index is 3.13. The number of nitrogens with one attached hydrogen (secondary N) is 1. The maximum Gasteiger partial charge on any atom is 0.262 e. The molecule has 5 heteroatoms. The van der Waals surface area contributed by atoms with Gasteiger partial charge in [0, 0.05) is 12.1 Å². The van der Waals surface area contributed by atoms with Gasteiger partial charge in [0.2, 0.25) is 0 Å². The second-order valence-electron chi connectivity index (χ2n) is 3.44. The molecule has 0 fully saturated rings. The molecule has 0 spiro atoms. The van der Waals surface area contributed by atoms with E-state index in [1.807, 2.05) is 6.92 Å². The van der Waals surface area contributed by atoms with Crippen LogP contribution in [0.15, 0.2) is 16.9 Å². The summed E-state index contributed by atoms with van der Waals surface area (Å²) in [6.45, 7) is 1.85. The van der Waals surface area contributed by atoms with Crippen LogP contribution in [0.5, 0.6) is 0 Å². The smallest absolute Gasteiger partial charge is 0.262 e. The zero-order valence-corrected chi connectivity index (χ0v) is 9.87. The molecule has 3 nitrogen and oxygen atoms in total. The van der Waals surface area contributed by atoms with Crippen LogP contribution < -0.4 is 5.56 Å². The van der Waals surface area contributed by atoms with Crippen LogP contribution in [0.1, 0.15) is 5.56 Å². The maximum atomic E-state index is 11.9. The van der Waals surface area contributed by atoms with E-state index in [9.17, 15) is 4.79 Å². The lowest BCUT2D eigenvalue weighted by molar-refractivity contribution is 0.823. The van der Waals surface area contributed by atoms with Gasteiger partial charge in [-0.15, -0.1) is 0 Å². The third-order valence-corrected chi connectivity index (χ3v) is 2.96. The van der Waals surface area contributed by atoms with E-state index in [4.69, 9.17) is 23.8 Å². The van der Waals surface area contributed by atoms with Crippen LogP contribution in [-0.2, 0) is 7.05 Å². The first kappa shape index (κ1) is 10.4. The SMILES string of the molecule is Cc1cc(Cl)cc2[nH]c(=S)n(C)c(=O)c12. The van der Waals surface area contributed by atoms with E-state index >= 15 is 0 Å². The minimum absolute atomic E-state index is 0.0945. The third-order valence-electron chi connectivity index (χ3n) is 2.37. The number of aromatic nitrogens is 2. The van der Waals surface area contributed by atoms with Gasteiger partial charge >= 0.3 is 0 Å². The summed E-state index contributed by atoms with van der Waals surface area (Å²) in [5.74, 6) is 0. The number of halogens is 1. The number of H-pyrrole nitrogens is 1. The number of hydrogen-bond donors (Lipinski definition) is 1. The van der Waals surface area contributed by atoms with Crippen molar-refractivity contribution in [2.75, 3.05) is 0 Å². The number of rotatable bonds is 0. The van der Waals surface area contributed by atoms with Crippen molar-refractivity contribution in [3.63, 3.8) is 0 Å². The van der Waals surface area contributed by atoms with Crippen molar-refractivity contribution in [2.45, 2.75) is 6.92 Å². The molecule has 1 aromatic carbocycles. The first-order valence-corrected chi connectivity index (χ1v) is 5.18. The number of aromatic amines is 1. The quantitative estimate of drug-likeness (QED) is 0.719. The summed E-state index contributed by atoms with van der Waals surface area (Å²) in [4.78, 5) is 14.9. The Bertz CT molecular complexity index is 657. The summed E-state index contributed by atoms with van der Waals surface area (Å²) < 4.78 is 1.81. The Hall–Kier alpha value is -1.13. The first-order valence-electron chi connectivity index (χ1n) is 4.40. The Labute approximate surface area is 96.3 Å². The number of hydrogen-bond acceptors (Lipinski definition) is 2. The molecule has 0 saturated carbocycles. The molecule has 0 bridgehead atoms. The van der Waals surface area contributed by atoms with Gasteiger partial charge in [-0.05, 0) is 36.8 Å². The predicted octanol–water partition coefficient (Wildman–Crippen LogP) is 2.56. The molecule has 0 atom stereocenters. The molecule has 78 valence electrons. The molecule has 1 aromatic heterocycles. The highest BCUT2D eigenvalue weighted by Crippen LogP contribution is 2.18. The average Bonchev–Trinajstić information content (AvgIpc) is 2.13. The summed E-state index contributed by atoms with van der Waals surface area (Å²) in [5, 5.41) is 1.23. The number of benzene rings is 1. The van der Waals surface area contributed by atoms with Gasteiger partial charge in [0.25, 0.3) is 5.56 Å². The first-order chi connectivity index (χ1) is 7.00. The van der Waals surface area contributed by atoms with Gasteiger partial charge in [0.15, 0.2) is 4.77 Å². The van der Waals surface area contributed by atoms with Gasteiger partial charge in [0.05, 0.1) is 10.9 Å². The molecule has 0 radical (unpaired) electrons. The lowest BCUT2D eigenvalue weighted by Crippen LogP contribution is -2.19. The van der Waals surface area contributed by atoms with Crippen LogP contribution in [0.3, 0.4) is 0 Å². The summed E-state index contributed by atoms with van der Waals surface area (Å²) in [6.07, 6.45) is 0. The summed E-state index contributed by atoms with van der Waals surface area (Å²) in [7, 11) is 1.65. The van der Waals surface area contributed by atoms with Crippen LogP contribution in [0.4, 0.5) is 0 Å². The second-order valence-corrected chi connectivity index (χ2v) is 4.26. The molecular weight excluding hydrogens is 232 g/mol. The van der Waals surface area contributed by atoms with Crippen LogP contribution in [0.25, 0.3) is 10.9 Å². The number of fused-ring (bicyclic) bond motifs is 1. The fraction of sp³-hybridized carbons (Fsp3) is 0.200. The Morgan fingerprint density at radius 3 is 2.80 bits per heavy atom. The predicted molar refractivity (Wildman–Crippen MR) is 64.1 cm³/mol. The molecule has 0 aliphatic carbocycles. The zero-order chi connectivity index (χ0) is 11.2.